The van der Waals surface area contributed by atoms with E-state index < -0.39 is 41.0 Å². The van der Waals surface area contributed by atoms with Crippen LogP contribution in [-0.2, 0) is 15.7 Å². The summed E-state index contributed by atoms with van der Waals surface area (Å²) in [6, 6.07) is 8.24. The van der Waals surface area contributed by atoms with E-state index in [4.69, 9.17) is 0 Å². The average molecular weight is 369 g/mol. The summed E-state index contributed by atoms with van der Waals surface area (Å²) < 4.78 is 56.9. The minimum Gasteiger partial charge on any atom is -0.469 e. The van der Waals surface area contributed by atoms with Crippen LogP contribution < -0.4 is 5.32 Å². The summed E-state index contributed by atoms with van der Waals surface area (Å²) in [5, 5.41) is 2.38. The average Bonchev–Trinajstić information content (AvgIpc) is 2.61. The Labute approximate surface area is 146 Å². The van der Waals surface area contributed by atoms with Crippen molar-refractivity contribution >= 4 is 11.9 Å². The van der Waals surface area contributed by atoms with Crippen molar-refractivity contribution in [2.24, 2.45) is 0 Å². The van der Waals surface area contributed by atoms with Crippen LogP contribution in [0.2, 0.25) is 0 Å². The number of methoxy groups -OCH3 is 1. The van der Waals surface area contributed by atoms with Gasteiger partial charge in [-0.1, -0.05) is 24.3 Å². The number of esters is 1. The fourth-order valence-electron chi connectivity index (χ4n) is 2.36. The van der Waals surface area contributed by atoms with Crippen molar-refractivity contribution in [1.29, 1.82) is 0 Å². The fourth-order valence-corrected chi connectivity index (χ4v) is 2.36. The van der Waals surface area contributed by atoms with E-state index in [0.29, 0.717) is 5.56 Å². The number of amides is 1. The van der Waals surface area contributed by atoms with Gasteiger partial charge >= 0.3 is 12.1 Å². The molecule has 2 aromatic rings. The van der Waals surface area contributed by atoms with Gasteiger partial charge in [-0.3, -0.25) is 9.59 Å². The Kier molecular flexibility index (Phi) is 5.97. The minimum atomic E-state index is -4.71. The van der Waals surface area contributed by atoms with Crippen LogP contribution >= 0.6 is 0 Å². The molecule has 0 radical (unpaired) electrons. The standard InChI is InChI=1S/C18H15F4NO3/c1-26-16(24)10-15(11-6-8-12(19)9-7-11)23-17(25)13-4-2-3-5-14(13)18(20,21)22/h2-9,15H,10H2,1H3,(H,23,25). The zero-order chi connectivity index (χ0) is 19.3. The molecule has 0 heterocycles. The number of nitrogens with one attached hydrogen (secondary N) is 1. The van der Waals surface area contributed by atoms with Crippen LogP contribution in [0.3, 0.4) is 0 Å². The van der Waals surface area contributed by atoms with Gasteiger partial charge in [0.05, 0.1) is 30.7 Å². The molecule has 2 rings (SSSR count). The molecule has 1 unspecified atom stereocenters. The molecule has 0 spiro atoms. The molecule has 0 aromatic heterocycles. The maximum absolute atomic E-state index is 13.1. The molecule has 0 fully saturated rings. The van der Waals surface area contributed by atoms with Crippen LogP contribution in [0.1, 0.15) is 33.9 Å². The Morgan fingerprint density at radius 2 is 1.69 bits per heavy atom. The van der Waals surface area contributed by atoms with Crippen LogP contribution in [-0.4, -0.2) is 19.0 Å². The first-order valence-corrected chi connectivity index (χ1v) is 7.51. The number of halogens is 4. The van der Waals surface area contributed by atoms with Crippen molar-refractivity contribution in [2.45, 2.75) is 18.6 Å². The lowest BCUT2D eigenvalue weighted by molar-refractivity contribution is -0.141. The topological polar surface area (TPSA) is 55.4 Å². The summed E-state index contributed by atoms with van der Waals surface area (Å²) in [5.41, 5.74) is -1.31. The molecule has 1 N–H and O–H groups in total. The molecule has 0 bridgehead atoms. The second-order valence-electron chi connectivity index (χ2n) is 5.40. The van der Waals surface area contributed by atoms with Crippen LogP contribution in [0.15, 0.2) is 48.5 Å². The molecule has 0 saturated heterocycles. The molecular weight excluding hydrogens is 354 g/mol. The third-order valence-corrected chi connectivity index (χ3v) is 3.65. The molecule has 1 amide bonds. The second-order valence-corrected chi connectivity index (χ2v) is 5.40. The second kappa shape index (κ2) is 7.99. The van der Waals surface area contributed by atoms with Gasteiger partial charge in [0.2, 0.25) is 0 Å². The third kappa shape index (κ3) is 4.81. The first-order valence-electron chi connectivity index (χ1n) is 7.51. The molecular formula is C18H15F4NO3. The van der Waals surface area contributed by atoms with Gasteiger partial charge in [0, 0.05) is 0 Å². The lowest BCUT2D eigenvalue weighted by atomic mass is 10.0. The number of ether oxygens (including phenoxy) is 1. The summed E-state index contributed by atoms with van der Waals surface area (Å²) in [5.74, 6) is -2.21. The maximum Gasteiger partial charge on any atom is 0.417 e. The van der Waals surface area contributed by atoms with Crippen molar-refractivity contribution in [2.75, 3.05) is 7.11 Å². The lowest BCUT2D eigenvalue weighted by Crippen LogP contribution is -2.32. The van der Waals surface area contributed by atoms with Gasteiger partial charge in [-0.05, 0) is 29.8 Å². The first-order chi connectivity index (χ1) is 12.2. The predicted molar refractivity (Wildman–Crippen MR) is 84.7 cm³/mol. The van der Waals surface area contributed by atoms with Crippen LogP contribution in [0.4, 0.5) is 17.6 Å². The van der Waals surface area contributed by atoms with E-state index in [9.17, 15) is 27.2 Å². The first kappa shape index (κ1) is 19.4. The predicted octanol–water partition coefficient (Wildman–Crippen LogP) is 3.88. The number of hydrogen-bond acceptors (Lipinski definition) is 3. The van der Waals surface area contributed by atoms with Crippen molar-refractivity contribution in [1.82, 2.24) is 5.32 Å². The van der Waals surface area contributed by atoms with Crippen LogP contribution in [0.5, 0.6) is 0 Å². The largest absolute Gasteiger partial charge is 0.469 e. The van der Waals surface area contributed by atoms with E-state index in [-0.39, 0.29) is 6.42 Å². The van der Waals surface area contributed by atoms with Gasteiger partial charge in [0.1, 0.15) is 5.82 Å². The Hall–Kier alpha value is -2.90. The Morgan fingerprint density at radius 3 is 2.27 bits per heavy atom. The van der Waals surface area contributed by atoms with Gasteiger partial charge in [0.15, 0.2) is 0 Å². The van der Waals surface area contributed by atoms with E-state index in [0.717, 1.165) is 31.4 Å². The molecule has 1 atom stereocenters. The van der Waals surface area contributed by atoms with Crippen molar-refractivity contribution < 1.29 is 31.9 Å². The number of carbonyl (C=O) groups is 2. The lowest BCUT2D eigenvalue weighted by Gasteiger charge is -2.20. The van der Waals surface area contributed by atoms with Crippen LogP contribution in [0.25, 0.3) is 0 Å². The summed E-state index contributed by atoms with van der Waals surface area (Å²) in [6.07, 6.45) is -5.02. The molecule has 26 heavy (non-hydrogen) atoms. The normalized spacial score (nSPS) is 12.3. The molecule has 0 aliphatic heterocycles. The summed E-state index contributed by atoms with van der Waals surface area (Å²) in [4.78, 5) is 24.0. The van der Waals surface area contributed by atoms with E-state index in [2.05, 4.69) is 10.1 Å². The van der Waals surface area contributed by atoms with Gasteiger partial charge in [-0.15, -0.1) is 0 Å². The maximum atomic E-state index is 13.1. The highest BCUT2D eigenvalue weighted by molar-refractivity contribution is 5.96. The Balaban J connectivity index is 2.32. The fraction of sp³-hybridized carbons (Fsp3) is 0.222. The van der Waals surface area contributed by atoms with E-state index in [1.165, 1.54) is 24.3 Å². The summed E-state index contributed by atoms with van der Waals surface area (Å²) >= 11 is 0. The monoisotopic (exact) mass is 369 g/mol. The van der Waals surface area contributed by atoms with E-state index in [1.807, 2.05) is 0 Å². The molecule has 4 nitrogen and oxygen atoms in total. The summed E-state index contributed by atoms with van der Waals surface area (Å²) in [6.45, 7) is 0. The molecule has 0 saturated carbocycles. The van der Waals surface area contributed by atoms with Crippen molar-refractivity contribution in [3.8, 4) is 0 Å². The highest BCUT2D eigenvalue weighted by Crippen LogP contribution is 2.32. The van der Waals surface area contributed by atoms with E-state index in [1.54, 1.807) is 0 Å². The molecule has 8 heteroatoms. The molecule has 0 aliphatic carbocycles. The highest BCUT2D eigenvalue weighted by Gasteiger charge is 2.35. The zero-order valence-corrected chi connectivity index (χ0v) is 13.6. The number of carbonyl (C=O) groups excluding carboxylic acids is 2. The van der Waals surface area contributed by atoms with Crippen molar-refractivity contribution in [3.05, 3.63) is 71.0 Å². The summed E-state index contributed by atoms with van der Waals surface area (Å²) in [7, 11) is 1.14. The smallest absolute Gasteiger partial charge is 0.417 e. The highest BCUT2D eigenvalue weighted by atomic mass is 19.4. The number of rotatable bonds is 5. The molecule has 2 aromatic carbocycles. The quantitative estimate of drug-likeness (QED) is 0.643. The van der Waals surface area contributed by atoms with Crippen molar-refractivity contribution in [3.63, 3.8) is 0 Å². The SMILES string of the molecule is COC(=O)CC(NC(=O)c1ccccc1C(F)(F)F)c1ccc(F)cc1. The number of hydrogen-bond donors (Lipinski definition) is 1. The Bertz CT molecular complexity index is 788. The van der Waals surface area contributed by atoms with Gasteiger partial charge in [0.25, 0.3) is 5.91 Å². The molecule has 0 aliphatic rings. The molecule has 138 valence electrons. The van der Waals surface area contributed by atoms with E-state index >= 15 is 0 Å². The number of benzene rings is 2. The van der Waals surface area contributed by atoms with Gasteiger partial charge < -0.3 is 10.1 Å². The van der Waals surface area contributed by atoms with Crippen LogP contribution in [0, 0.1) is 5.82 Å². The zero-order valence-electron chi connectivity index (χ0n) is 13.6. The Morgan fingerprint density at radius 1 is 1.08 bits per heavy atom. The minimum absolute atomic E-state index is 0.317. The van der Waals surface area contributed by atoms with Gasteiger partial charge in [-0.25, -0.2) is 4.39 Å². The third-order valence-electron chi connectivity index (χ3n) is 3.65. The number of alkyl halides is 3. The van der Waals surface area contributed by atoms with Gasteiger partial charge in [-0.2, -0.15) is 13.2 Å².